The normalized spacial score (nSPS) is 9.53. The standard InChI is InChI=1S/C10H10ClNO3/c1-6(14-2)7-4-9(11)12-5-8(7)10(13)15-3/h4-5H,1H2,2-3H3. The highest BCUT2D eigenvalue weighted by molar-refractivity contribution is 6.29. The average Bonchev–Trinajstić information content (AvgIpc) is 2.26. The molecule has 0 aromatic carbocycles. The van der Waals surface area contributed by atoms with Crippen LogP contribution in [0.5, 0.6) is 0 Å². The zero-order chi connectivity index (χ0) is 11.4. The molecule has 0 amide bonds. The van der Waals surface area contributed by atoms with E-state index in [9.17, 15) is 4.79 Å². The van der Waals surface area contributed by atoms with Gasteiger partial charge in [-0.3, -0.25) is 0 Å². The van der Waals surface area contributed by atoms with Crippen molar-refractivity contribution in [2.24, 2.45) is 0 Å². The molecule has 0 aliphatic heterocycles. The highest BCUT2D eigenvalue weighted by Crippen LogP contribution is 2.21. The van der Waals surface area contributed by atoms with Gasteiger partial charge < -0.3 is 9.47 Å². The first-order valence-electron chi connectivity index (χ1n) is 4.07. The molecule has 0 N–H and O–H groups in total. The minimum Gasteiger partial charge on any atom is -0.497 e. The first kappa shape index (κ1) is 11.5. The van der Waals surface area contributed by atoms with Crippen molar-refractivity contribution >= 4 is 23.3 Å². The van der Waals surface area contributed by atoms with Gasteiger partial charge in [-0.25, -0.2) is 9.78 Å². The summed E-state index contributed by atoms with van der Waals surface area (Å²) in [5.74, 6) is -0.174. The van der Waals surface area contributed by atoms with E-state index in [0.717, 1.165) is 0 Å². The van der Waals surface area contributed by atoms with Crippen LogP contribution in [0.15, 0.2) is 18.8 Å². The molecule has 0 fully saturated rings. The number of ether oxygens (including phenoxy) is 2. The molecule has 0 aliphatic rings. The summed E-state index contributed by atoms with van der Waals surface area (Å²) in [6.45, 7) is 3.65. The topological polar surface area (TPSA) is 48.4 Å². The molecule has 0 unspecified atom stereocenters. The molecule has 5 heteroatoms. The maximum atomic E-state index is 11.4. The van der Waals surface area contributed by atoms with E-state index in [1.165, 1.54) is 26.5 Å². The van der Waals surface area contributed by atoms with Gasteiger partial charge in [0.1, 0.15) is 10.9 Å². The molecule has 1 rings (SSSR count). The highest BCUT2D eigenvalue weighted by Gasteiger charge is 2.15. The number of methoxy groups -OCH3 is 2. The van der Waals surface area contributed by atoms with E-state index in [2.05, 4.69) is 16.3 Å². The van der Waals surface area contributed by atoms with Gasteiger partial charge in [0.05, 0.1) is 19.8 Å². The van der Waals surface area contributed by atoms with E-state index in [1.54, 1.807) is 0 Å². The molecule has 0 atom stereocenters. The molecule has 0 aliphatic carbocycles. The molecule has 1 aromatic heterocycles. The van der Waals surface area contributed by atoms with Crippen LogP contribution in [-0.4, -0.2) is 25.2 Å². The van der Waals surface area contributed by atoms with E-state index in [1.807, 2.05) is 0 Å². The maximum absolute atomic E-state index is 11.4. The van der Waals surface area contributed by atoms with E-state index in [4.69, 9.17) is 16.3 Å². The van der Waals surface area contributed by atoms with Gasteiger partial charge in [-0.05, 0) is 6.07 Å². The van der Waals surface area contributed by atoms with Crippen molar-refractivity contribution in [2.75, 3.05) is 14.2 Å². The number of carbonyl (C=O) groups excluding carboxylic acids is 1. The van der Waals surface area contributed by atoms with Gasteiger partial charge in [-0.15, -0.1) is 0 Å². The third-order valence-corrected chi connectivity index (χ3v) is 2.03. The van der Waals surface area contributed by atoms with E-state index in [-0.39, 0.29) is 10.7 Å². The summed E-state index contributed by atoms with van der Waals surface area (Å²) >= 11 is 5.71. The van der Waals surface area contributed by atoms with Crippen molar-refractivity contribution in [1.29, 1.82) is 0 Å². The second kappa shape index (κ2) is 4.79. The molecule has 0 radical (unpaired) electrons. The monoisotopic (exact) mass is 227 g/mol. The summed E-state index contributed by atoms with van der Waals surface area (Å²) in [6.07, 6.45) is 1.33. The number of nitrogens with zero attached hydrogens (tertiary/aromatic N) is 1. The summed E-state index contributed by atoms with van der Waals surface area (Å²) in [4.78, 5) is 15.2. The van der Waals surface area contributed by atoms with Crippen LogP contribution >= 0.6 is 11.6 Å². The zero-order valence-electron chi connectivity index (χ0n) is 8.41. The SMILES string of the molecule is C=C(OC)c1cc(Cl)ncc1C(=O)OC. The second-order valence-corrected chi connectivity index (χ2v) is 3.06. The minimum atomic E-state index is -0.507. The number of pyridine rings is 1. The highest BCUT2D eigenvalue weighted by atomic mass is 35.5. The number of aromatic nitrogens is 1. The first-order chi connectivity index (χ1) is 7.10. The number of hydrogen-bond donors (Lipinski definition) is 0. The lowest BCUT2D eigenvalue weighted by molar-refractivity contribution is 0.0599. The van der Waals surface area contributed by atoms with Crippen LogP contribution in [0.25, 0.3) is 5.76 Å². The summed E-state index contributed by atoms with van der Waals surface area (Å²) in [6, 6.07) is 1.50. The number of carbonyl (C=O) groups is 1. The predicted octanol–water partition coefficient (Wildman–Crippen LogP) is 2.14. The summed E-state index contributed by atoms with van der Waals surface area (Å²) in [5, 5.41) is 0.260. The Morgan fingerprint density at radius 1 is 1.40 bits per heavy atom. The van der Waals surface area contributed by atoms with Gasteiger partial charge in [0.25, 0.3) is 0 Å². The van der Waals surface area contributed by atoms with Gasteiger partial charge >= 0.3 is 5.97 Å². The Kier molecular flexibility index (Phi) is 3.68. The third kappa shape index (κ3) is 2.47. The quantitative estimate of drug-likeness (QED) is 0.451. The Balaban J connectivity index is 3.26. The predicted molar refractivity (Wildman–Crippen MR) is 56.6 cm³/mol. The van der Waals surface area contributed by atoms with Crippen LogP contribution in [-0.2, 0) is 9.47 Å². The van der Waals surface area contributed by atoms with Crippen LogP contribution in [0.3, 0.4) is 0 Å². The molecule has 0 saturated heterocycles. The fourth-order valence-corrected chi connectivity index (χ4v) is 1.20. The summed E-state index contributed by atoms with van der Waals surface area (Å²) in [5.41, 5.74) is 0.748. The molecule has 0 saturated carbocycles. The van der Waals surface area contributed by atoms with E-state index >= 15 is 0 Å². The van der Waals surface area contributed by atoms with Crippen LogP contribution in [0.1, 0.15) is 15.9 Å². The van der Waals surface area contributed by atoms with Crippen molar-refractivity contribution < 1.29 is 14.3 Å². The van der Waals surface area contributed by atoms with Crippen molar-refractivity contribution in [2.45, 2.75) is 0 Å². The zero-order valence-corrected chi connectivity index (χ0v) is 9.17. The third-order valence-electron chi connectivity index (χ3n) is 1.82. The van der Waals surface area contributed by atoms with Crippen molar-refractivity contribution in [3.05, 3.63) is 35.1 Å². The lowest BCUT2D eigenvalue weighted by atomic mass is 10.1. The maximum Gasteiger partial charge on any atom is 0.340 e. The molecule has 4 nitrogen and oxygen atoms in total. The number of halogens is 1. The average molecular weight is 228 g/mol. The summed E-state index contributed by atoms with van der Waals surface area (Å²) in [7, 11) is 2.74. The van der Waals surface area contributed by atoms with Gasteiger partial charge in [-0.2, -0.15) is 0 Å². The van der Waals surface area contributed by atoms with Gasteiger partial charge in [0.15, 0.2) is 0 Å². The number of rotatable bonds is 3. The molecule has 15 heavy (non-hydrogen) atoms. The first-order valence-corrected chi connectivity index (χ1v) is 4.45. The Bertz CT molecular complexity index is 404. The largest absolute Gasteiger partial charge is 0.497 e. The molecule has 1 aromatic rings. The van der Waals surface area contributed by atoms with E-state index < -0.39 is 5.97 Å². The molecule has 0 spiro atoms. The molecule has 80 valence electrons. The van der Waals surface area contributed by atoms with Crippen molar-refractivity contribution in [3.63, 3.8) is 0 Å². The van der Waals surface area contributed by atoms with Crippen LogP contribution < -0.4 is 0 Å². The number of hydrogen-bond acceptors (Lipinski definition) is 4. The lowest BCUT2D eigenvalue weighted by Gasteiger charge is -2.09. The Hall–Kier alpha value is -1.55. The summed E-state index contributed by atoms with van der Waals surface area (Å²) < 4.78 is 9.53. The fraction of sp³-hybridized carbons (Fsp3) is 0.200. The molecular weight excluding hydrogens is 218 g/mol. The van der Waals surface area contributed by atoms with Gasteiger partial charge in [0, 0.05) is 11.8 Å². The molecule has 0 bridgehead atoms. The Labute approximate surface area is 92.5 Å². The Morgan fingerprint density at radius 3 is 2.60 bits per heavy atom. The van der Waals surface area contributed by atoms with Crippen LogP contribution in [0.4, 0.5) is 0 Å². The number of esters is 1. The molecular formula is C10H10ClNO3. The molecule has 1 heterocycles. The lowest BCUT2D eigenvalue weighted by Crippen LogP contribution is -2.06. The smallest absolute Gasteiger partial charge is 0.340 e. The van der Waals surface area contributed by atoms with Crippen LogP contribution in [0, 0.1) is 0 Å². The van der Waals surface area contributed by atoms with Crippen molar-refractivity contribution in [1.82, 2.24) is 4.98 Å². The van der Waals surface area contributed by atoms with E-state index in [0.29, 0.717) is 11.3 Å². The Morgan fingerprint density at radius 2 is 2.07 bits per heavy atom. The van der Waals surface area contributed by atoms with Gasteiger partial charge in [-0.1, -0.05) is 18.2 Å². The van der Waals surface area contributed by atoms with Crippen molar-refractivity contribution in [3.8, 4) is 0 Å². The minimum absolute atomic E-state index is 0.260. The second-order valence-electron chi connectivity index (χ2n) is 2.67. The van der Waals surface area contributed by atoms with Crippen LogP contribution in [0.2, 0.25) is 5.15 Å². The fourth-order valence-electron chi connectivity index (χ4n) is 1.04. The van der Waals surface area contributed by atoms with Gasteiger partial charge in [0.2, 0.25) is 0 Å².